The molecule has 0 saturated carbocycles. The molecule has 0 spiro atoms. The van der Waals surface area contributed by atoms with Crippen LogP contribution in [0.3, 0.4) is 0 Å². The Kier molecular flexibility index (Phi) is 5.97. The fourth-order valence-electron chi connectivity index (χ4n) is 4.01. The number of piperazine rings is 1. The van der Waals surface area contributed by atoms with Crippen LogP contribution < -0.4 is 14.8 Å². The fourth-order valence-corrected chi connectivity index (χ4v) is 4.01. The maximum Gasteiger partial charge on any atom is 0.255 e. The molecule has 1 fully saturated rings. The van der Waals surface area contributed by atoms with Gasteiger partial charge in [0.25, 0.3) is 5.91 Å². The summed E-state index contributed by atoms with van der Waals surface area (Å²) in [6, 6.07) is 8.98. The van der Waals surface area contributed by atoms with Gasteiger partial charge in [-0.05, 0) is 44.2 Å². The third-order valence-electron chi connectivity index (χ3n) is 5.97. The average molecular weight is 465 g/mol. The number of carbonyl (C=O) groups is 1. The van der Waals surface area contributed by atoms with E-state index in [2.05, 4.69) is 39.0 Å². The van der Waals surface area contributed by atoms with Gasteiger partial charge in [-0.3, -0.25) is 9.69 Å². The summed E-state index contributed by atoms with van der Waals surface area (Å²) in [5, 5.41) is 2.97. The van der Waals surface area contributed by atoms with Gasteiger partial charge in [0.15, 0.2) is 17.3 Å². The molecule has 2 aliphatic heterocycles. The van der Waals surface area contributed by atoms with E-state index in [4.69, 9.17) is 9.47 Å². The molecule has 0 bridgehead atoms. The number of aromatic nitrogens is 3. The molecule has 4 heterocycles. The Balaban J connectivity index is 1.27. The van der Waals surface area contributed by atoms with E-state index in [1.54, 1.807) is 30.3 Å². The Labute approximate surface area is 196 Å². The number of carbonyl (C=O) groups excluding carboxylic acids is 1. The molecule has 0 atom stereocenters. The Morgan fingerprint density at radius 3 is 2.56 bits per heavy atom. The Hall–Kier alpha value is -3.79. The van der Waals surface area contributed by atoms with Crippen molar-refractivity contribution in [2.24, 2.45) is 0 Å². The first kappa shape index (κ1) is 22.0. The van der Waals surface area contributed by atoms with E-state index in [-0.39, 0.29) is 24.3 Å². The SMILES string of the molecule is CC(C)N1CCN(C(=O)c2ccc(Nc3ncc(F)c(-c4ccc5c(c4)OCO5)n3)nc2)CC1. The van der Waals surface area contributed by atoms with Gasteiger partial charge >= 0.3 is 0 Å². The first-order valence-electron chi connectivity index (χ1n) is 11.2. The lowest BCUT2D eigenvalue weighted by Crippen LogP contribution is -2.50. The zero-order valence-electron chi connectivity index (χ0n) is 19.0. The van der Waals surface area contributed by atoms with Crippen LogP contribution in [0.5, 0.6) is 11.5 Å². The average Bonchev–Trinajstić information content (AvgIpc) is 3.33. The van der Waals surface area contributed by atoms with Gasteiger partial charge < -0.3 is 19.7 Å². The van der Waals surface area contributed by atoms with Crippen LogP contribution in [0.2, 0.25) is 0 Å². The second-order valence-corrected chi connectivity index (χ2v) is 8.44. The summed E-state index contributed by atoms with van der Waals surface area (Å²) in [4.78, 5) is 29.7. The largest absolute Gasteiger partial charge is 0.454 e. The maximum atomic E-state index is 14.4. The molecule has 34 heavy (non-hydrogen) atoms. The van der Waals surface area contributed by atoms with Crippen LogP contribution >= 0.6 is 0 Å². The van der Waals surface area contributed by atoms with E-state index in [0.717, 1.165) is 19.3 Å². The third-order valence-corrected chi connectivity index (χ3v) is 5.97. The number of nitrogens with one attached hydrogen (secondary N) is 1. The van der Waals surface area contributed by atoms with Gasteiger partial charge in [0.1, 0.15) is 11.5 Å². The van der Waals surface area contributed by atoms with Gasteiger partial charge in [-0.1, -0.05) is 0 Å². The molecular formula is C24H25FN6O3. The number of fused-ring (bicyclic) bond motifs is 1. The van der Waals surface area contributed by atoms with Gasteiger partial charge in [0.05, 0.1) is 11.8 Å². The molecule has 1 amide bonds. The summed E-state index contributed by atoms with van der Waals surface area (Å²) in [5.74, 6) is 1.19. The molecule has 1 saturated heterocycles. The molecule has 9 nitrogen and oxygen atoms in total. The summed E-state index contributed by atoms with van der Waals surface area (Å²) in [7, 11) is 0. The molecule has 10 heteroatoms. The van der Waals surface area contributed by atoms with Crippen LogP contribution in [0.15, 0.2) is 42.7 Å². The van der Waals surface area contributed by atoms with Gasteiger partial charge in [-0.25, -0.2) is 19.3 Å². The fraction of sp³-hybridized carbons (Fsp3) is 0.333. The van der Waals surface area contributed by atoms with E-state index in [1.165, 1.54) is 6.20 Å². The van der Waals surface area contributed by atoms with Crippen molar-refractivity contribution in [3.8, 4) is 22.8 Å². The van der Waals surface area contributed by atoms with Crippen LogP contribution in [0.4, 0.5) is 16.2 Å². The van der Waals surface area contributed by atoms with Crippen molar-refractivity contribution in [2.75, 3.05) is 38.3 Å². The van der Waals surface area contributed by atoms with Crippen molar-refractivity contribution >= 4 is 17.7 Å². The predicted molar refractivity (Wildman–Crippen MR) is 124 cm³/mol. The second-order valence-electron chi connectivity index (χ2n) is 8.44. The van der Waals surface area contributed by atoms with Crippen LogP contribution in [0, 0.1) is 5.82 Å². The number of halogens is 1. The molecule has 0 aliphatic carbocycles. The van der Waals surface area contributed by atoms with Gasteiger partial charge in [0, 0.05) is 44.0 Å². The number of rotatable bonds is 5. The molecule has 0 unspecified atom stereocenters. The lowest BCUT2D eigenvalue weighted by atomic mass is 10.1. The smallest absolute Gasteiger partial charge is 0.255 e. The first-order valence-corrected chi connectivity index (χ1v) is 11.2. The highest BCUT2D eigenvalue weighted by Gasteiger charge is 2.23. The van der Waals surface area contributed by atoms with Crippen molar-refractivity contribution < 1.29 is 18.7 Å². The highest BCUT2D eigenvalue weighted by atomic mass is 19.1. The zero-order chi connectivity index (χ0) is 23.7. The summed E-state index contributed by atoms with van der Waals surface area (Å²) in [5.41, 5.74) is 1.19. The predicted octanol–water partition coefficient (Wildman–Crippen LogP) is 3.32. The minimum absolute atomic E-state index is 0.0365. The summed E-state index contributed by atoms with van der Waals surface area (Å²) >= 11 is 0. The second kappa shape index (κ2) is 9.22. The monoisotopic (exact) mass is 464 g/mol. The van der Waals surface area contributed by atoms with Gasteiger partial charge in [-0.15, -0.1) is 0 Å². The van der Waals surface area contributed by atoms with E-state index >= 15 is 0 Å². The van der Waals surface area contributed by atoms with E-state index in [9.17, 15) is 9.18 Å². The van der Waals surface area contributed by atoms with Crippen molar-refractivity contribution in [1.29, 1.82) is 0 Å². The van der Waals surface area contributed by atoms with Gasteiger partial charge in [-0.2, -0.15) is 0 Å². The minimum Gasteiger partial charge on any atom is -0.454 e. The van der Waals surface area contributed by atoms with Gasteiger partial charge in [0.2, 0.25) is 12.7 Å². The summed E-state index contributed by atoms with van der Waals surface area (Å²) in [6.07, 6.45) is 2.63. The number of hydrogen-bond donors (Lipinski definition) is 1. The third kappa shape index (κ3) is 4.49. The topological polar surface area (TPSA) is 92.7 Å². The van der Waals surface area contributed by atoms with Crippen LogP contribution in [0.1, 0.15) is 24.2 Å². The molecule has 2 aromatic heterocycles. The minimum atomic E-state index is -0.559. The normalized spacial score (nSPS) is 15.6. The number of benzene rings is 1. The number of amides is 1. The van der Waals surface area contributed by atoms with Crippen LogP contribution in [0.25, 0.3) is 11.3 Å². The summed E-state index contributed by atoms with van der Waals surface area (Å²) < 4.78 is 25.1. The first-order chi connectivity index (χ1) is 16.5. The number of hydrogen-bond acceptors (Lipinski definition) is 8. The van der Waals surface area contributed by atoms with E-state index in [1.807, 2.05) is 4.90 Å². The molecule has 176 valence electrons. The van der Waals surface area contributed by atoms with Crippen molar-refractivity contribution in [2.45, 2.75) is 19.9 Å². The standard InChI is InChI=1S/C24H25FN6O3/c1-15(2)30-7-9-31(10-8-30)23(32)17-4-6-21(26-12-17)28-24-27-13-18(25)22(29-24)16-3-5-19-20(11-16)34-14-33-19/h3-6,11-13,15H,7-10,14H2,1-2H3,(H,26,27,28,29). The lowest BCUT2D eigenvalue weighted by molar-refractivity contribution is 0.0595. The number of ether oxygens (including phenoxy) is 2. The van der Waals surface area contributed by atoms with Crippen molar-refractivity contribution in [3.63, 3.8) is 0 Å². The van der Waals surface area contributed by atoms with E-state index in [0.29, 0.717) is 47.6 Å². The van der Waals surface area contributed by atoms with Crippen molar-refractivity contribution in [1.82, 2.24) is 24.8 Å². The van der Waals surface area contributed by atoms with Crippen molar-refractivity contribution in [3.05, 3.63) is 54.1 Å². The van der Waals surface area contributed by atoms with Crippen LogP contribution in [-0.4, -0.2) is 69.7 Å². The highest BCUT2D eigenvalue weighted by Crippen LogP contribution is 2.36. The number of nitrogens with zero attached hydrogens (tertiary/aromatic N) is 5. The zero-order valence-corrected chi connectivity index (χ0v) is 19.0. The van der Waals surface area contributed by atoms with E-state index < -0.39 is 5.82 Å². The Morgan fingerprint density at radius 2 is 1.82 bits per heavy atom. The molecule has 5 rings (SSSR count). The molecule has 1 aromatic carbocycles. The molecule has 1 N–H and O–H groups in total. The Bertz CT molecular complexity index is 1200. The maximum absolute atomic E-state index is 14.4. The molecular weight excluding hydrogens is 439 g/mol. The lowest BCUT2D eigenvalue weighted by Gasteiger charge is -2.36. The highest BCUT2D eigenvalue weighted by molar-refractivity contribution is 5.94. The Morgan fingerprint density at radius 1 is 1.03 bits per heavy atom. The summed E-state index contributed by atoms with van der Waals surface area (Å²) in [6.45, 7) is 7.59. The number of anilines is 2. The molecule has 3 aromatic rings. The molecule has 2 aliphatic rings. The quantitative estimate of drug-likeness (QED) is 0.615. The number of pyridine rings is 1. The van der Waals surface area contributed by atoms with Crippen LogP contribution in [-0.2, 0) is 0 Å². The molecule has 0 radical (unpaired) electrons.